The molecule has 4 rings (SSSR count). The minimum Gasteiger partial charge on any atom is -0.374 e. The highest BCUT2D eigenvalue weighted by molar-refractivity contribution is 6.31. The first-order chi connectivity index (χ1) is 13.8. The second-order valence-electron chi connectivity index (χ2n) is 7.80. The summed E-state index contributed by atoms with van der Waals surface area (Å²) in [5.41, 5.74) is 1.23. The van der Waals surface area contributed by atoms with Crippen LogP contribution >= 0.6 is 23.2 Å². The van der Waals surface area contributed by atoms with Crippen molar-refractivity contribution in [1.29, 1.82) is 0 Å². The van der Waals surface area contributed by atoms with E-state index in [0.29, 0.717) is 22.3 Å². The molecule has 2 aliphatic heterocycles. The van der Waals surface area contributed by atoms with Crippen molar-refractivity contribution in [1.82, 2.24) is 5.32 Å². The Kier molecular flexibility index (Phi) is 5.32. The maximum absolute atomic E-state index is 13.6. The molecule has 0 radical (unpaired) electrons. The van der Waals surface area contributed by atoms with Crippen LogP contribution in [0.1, 0.15) is 37.3 Å². The van der Waals surface area contributed by atoms with Crippen molar-refractivity contribution in [2.24, 2.45) is 0 Å². The number of carbonyl (C=O) groups excluding carboxylic acids is 2. The van der Waals surface area contributed by atoms with E-state index in [4.69, 9.17) is 27.9 Å². The predicted molar refractivity (Wildman–Crippen MR) is 114 cm³/mol. The van der Waals surface area contributed by atoms with Crippen LogP contribution in [0.15, 0.2) is 42.5 Å². The third-order valence-corrected chi connectivity index (χ3v) is 6.14. The van der Waals surface area contributed by atoms with Gasteiger partial charge < -0.3 is 15.4 Å². The molecule has 5 nitrogen and oxygen atoms in total. The molecule has 2 aromatic rings. The summed E-state index contributed by atoms with van der Waals surface area (Å²) in [6.45, 7) is 4.10. The third kappa shape index (κ3) is 3.41. The van der Waals surface area contributed by atoms with Gasteiger partial charge in [-0.3, -0.25) is 9.59 Å². The van der Waals surface area contributed by atoms with E-state index >= 15 is 0 Å². The molecular weight excluding hydrogens is 411 g/mol. The van der Waals surface area contributed by atoms with Crippen LogP contribution in [-0.2, 0) is 19.7 Å². The second kappa shape index (κ2) is 7.63. The molecule has 0 bridgehead atoms. The fraction of sp³-hybridized carbons (Fsp3) is 0.364. The highest BCUT2D eigenvalue weighted by atomic mass is 35.5. The van der Waals surface area contributed by atoms with Crippen molar-refractivity contribution in [2.75, 3.05) is 11.9 Å². The molecule has 0 unspecified atom stereocenters. The summed E-state index contributed by atoms with van der Waals surface area (Å²) in [6, 6.07) is 12.8. The summed E-state index contributed by atoms with van der Waals surface area (Å²) in [5.74, 6) is -0.699. The largest absolute Gasteiger partial charge is 0.374 e. The van der Waals surface area contributed by atoms with Gasteiger partial charge in [0.1, 0.15) is 5.41 Å². The van der Waals surface area contributed by atoms with E-state index in [9.17, 15) is 9.59 Å². The van der Waals surface area contributed by atoms with Crippen LogP contribution < -0.4 is 10.6 Å². The summed E-state index contributed by atoms with van der Waals surface area (Å²) in [5, 5.41) is 7.05. The van der Waals surface area contributed by atoms with Crippen LogP contribution in [0.5, 0.6) is 0 Å². The lowest BCUT2D eigenvalue weighted by molar-refractivity contribution is -0.133. The van der Waals surface area contributed by atoms with Gasteiger partial charge in [0.25, 0.3) is 0 Å². The number of ether oxygens (including phenoxy) is 1. The van der Waals surface area contributed by atoms with Gasteiger partial charge in [-0.25, -0.2) is 0 Å². The molecule has 0 aliphatic carbocycles. The van der Waals surface area contributed by atoms with E-state index < -0.39 is 11.5 Å². The zero-order valence-electron chi connectivity index (χ0n) is 16.2. The van der Waals surface area contributed by atoms with Crippen LogP contribution in [0.3, 0.4) is 0 Å². The van der Waals surface area contributed by atoms with E-state index in [1.165, 1.54) is 0 Å². The summed E-state index contributed by atoms with van der Waals surface area (Å²) in [4.78, 5) is 26.2. The number of halogens is 2. The summed E-state index contributed by atoms with van der Waals surface area (Å²) >= 11 is 12.5. The van der Waals surface area contributed by atoms with Crippen LogP contribution in [0, 0.1) is 0 Å². The third-order valence-electron chi connectivity index (χ3n) is 5.67. The zero-order valence-corrected chi connectivity index (χ0v) is 17.7. The minimum absolute atomic E-state index is 0.0880. The van der Waals surface area contributed by atoms with Crippen LogP contribution in [-0.4, -0.2) is 30.6 Å². The van der Waals surface area contributed by atoms with Gasteiger partial charge in [-0.05, 0) is 49.2 Å². The van der Waals surface area contributed by atoms with Crippen molar-refractivity contribution in [3.63, 3.8) is 0 Å². The normalized spacial score (nSPS) is 26.2. The maximum Gasteiger partial charge on any atom is 0.238 e. The molecule has 2 aromatic carbocycles. The van der Waals surface area contributed by atoms with Crippen LogP contribution in [0.4, 0.5) is 5.69 Å². The van der Waals surface area contributed by atoms with Gasteiger partial charge in [0, 0.05) is 28.2 Å². The first-order valence-corrected chi connectivity index (χ1v) is 10.4. The number of rotatable bonds is 3. The topological polar surface area (TPSA) is 67.4 Å². The van der Waals surface area contributed by atoms with E-state index in [1.54, 1.807) is 18.2 Å². The molecule has 1 spiro atoms. The Morgan fingerprint density at radius 1 is 1.10 bits per heavy atom. The second-order valence-corrected chi connectivity index (χ2v) is 8.68. The van der Waals surface area contributed by atoms with E-state index in [-0.39, 0.29) is 30.3 Å². The Balaban J connectivity index is 1.99. The summed E-state index contributed by atoms with van der Waals surface area (Å²) in [7, 11) is 0. The van der Waals surface area contributed by atoms with E-state index in [1.807, 2.05) is 38.1 Å². The number of fused-ring (bicyclic) bond motifs is 2. The monoisotopic (exact) mass is 432 g/mol. The minimum atomic E-state index is -1.09. The molecule has 2 N–H and O–H groups in total. The summed E-state index contributed by atoms with van der Waals surface area (Å²) in [6.07, 6.45) is -0.714. The Bertz CT molecular complexity index is 978. The smallest absolute Gasteiger partial charge is 0.238 e. The van der Waals surface area contributed by atoms with E-state index in [0.717, 1.165) is 11.1 Å². The lowest BCUT2D eigenvalue weighted by Crippen LogP contribution is -2.52. The van der Waals surface area contributed by atoms with Crippen molar-refractivity contribution >= 4 is 40.7 Å². The van der Waals surface area contributed by atoms with Crippen molar-refractivity contribution < 1.29 is 14.3 Å². The number of carbonyl (C=O) groups is 2. The van der Waals surface area contributed by atoms with Crippen LogP contribution in [0.2, 0.25) is 10.0 Å². The molecule has 2 aliphatic rings. The van der Waals surface area contributed by atoms with Gasteiger partial charge in [0.05, 0.1) is 18.6 Å². The average Bonchev–Trinajstić information content (AvgIpc) is 2.83. The zero-order chi connectivity index (χ0) is 20.8. The van der Waals surface area contributed by atoms with Gasteiger partial charge in [-0.15, -0.1) is 0 Å². The molecule has 0 aromatic heterocycles. The molecule has 3 atom stereocenters. The number of hydrogen-bond donors (Lipinski definition) is 2. The van der Waals surface area contributed by atoms with Gasteiger partial charge in [-0.2, -0.15) is 0 Å². The molecule has 1 fully saturated rings. The van der Waals surface area contributed by atoms with Crippen molar-refractivity contribution in [3.8, 4) is 0 Å². The highest BCUT2D eigenvalue weighted by Crippen LogP contribution is 2.52. The van der Waals surface area contributed by atoms with Gasteiger partial charge >= 0.3 is 0 Å². The first-order valence-electron chi connectivity index (χ1n) is 9.61. The average molecular weight is 433 g/mol. The van der Waals surface area contributed by atoms with Crippen molar-refractivity contribution in [3.05, 3.63) is 63.6 Å². The Morgan fingerprint density at radius 2 is 1.86 bits per heavy atom. The SMILES string of the molecule is CC(C)O[C@H]1CC(=O)NC[C@@H](c2cccc(Cl)c2)[C@]12C(=O)Nc1cc(Cl)ccc12. The van der Waals surface area contributed by atoms with Crippen molar-refractivity contribution in [2.45, 2.75) is 43.8 Å². The summed E-state index contributed by atoms with van der Waals surface area (Å²) < 4.78 is 6.23. The molecular formula is C22H22Cl2N2O3. The molecule has 1 saturated heterocycles. The first kappa shape index (κ1) is 20.2. The highest BCUT2D eigenvalue weighted by Gasteiger charge is 2.60. The molecule has 2 amide bonds. The number of nitrogens with one attached hydrogen (secondary N) is 2. The molecule has 0 saturated carbocycles. The van der Waals surface area contributed by atoms with E-state index in [2.05, 4.69) is 10.6 Å². The number of hydrogen-bond acceptors (Lipinski definition) is 3. The van der Waals surface area contributed by atoms with Gasteiger partial charge in [0.15, 0.2) is 0 Å². The molecule has 29 heavy (non-hydrogen) atoms. The Hall–Kier alpha value is -2.08. The standard InChI is InChI=1S/C22H22Cl2N2O3/c1-12(2)29-19-10-20(27)25-11-17(13-4-3-5-14(23)8-13)22(19)16-7-6-15(24)9-18(16)26-21(22)28/h3-9,12,17,19H,10-11H2,1-2H3,(H,25,27)(H,26,28)/t17-,19-,22-/m0/s1. The number of anilines is 1. The fourth-order valence-corrected chi connectivity index (χ4v) is 4.96. The predicted octanol–water partition coefficient (Wildman–Crippen LogP) is 4.28. The van der Waals surface area contributed by atoms with Gasteiger partial charge in [-0.1, -0.05) is 41.4 Å². The lowest BCUT2D eigenvalue weighted by atomic mass is 9.64. The number of amides is 2. The maximum atomic E-state index is 13.6. The number of benzene rings is 2. The Morgan fingerprint density at radius 3 is 2.59 bits per heavy atom. The molecule has 152 valence electrons. The fourth-order valence-electron chi connectivity index (χ4n) is 4.59. The quantitative estimate of drug-likeness (QED) is 0.760. The van der Waals surface area contributed by atoms with Crippen LogP contribution in [0.25, 0.3) is 0 Å². The molecule has 2 heterocycles. The lowest BCUT2D eigenvalue weighted by Gasteiger charge is -2.40. The Labute approximate surface area is 179 Å². The van der Waals surface area contributed by atoms with Gasteiger partial charge in [0.2, 0.25) is 11.8 Å². The molecule has 7 heteroatoms.